The van der Waals surface area contributed by atoms with Gasteiger partial charge in [-0.1, -0.05) is 0 Å². The fourth-order valence-corrected chi connectivity index (χ4v) is 1.00. The Hall–Kier alpha value is -0.840. The molecule has 0 aliphatic rings. The molecule has 60 valence electrons. The van der Waals surface area contributed by atoms with Crippen LogP contribution in [-0.2, 0) is 4.79 Å². The smallest absolute Gasteiger partial charge is 0.312 e. The molecule has 2 N–H and O–H groups in total. The monoisotopic (exact) mass is 218 g/mol. The topological polar surface area (TPSA) is 66.0 Å². The van der Waals surface area contributed by atoms with E-state index in [4.69, 9.17) is 5.11 Å². The fourth-order valence-electron chi connectivity index (χ4n) is 0.666. The summed E-state index contributed by atoms with van der Waals surface area (Å²) in [6.45, 7) is 1.60. The van der Waals surface area contributed by atoms with E-state index >= 15 is 0 Å². The normalized spacial score (nSPS) is 12.9. The van der Waals surface area contributed by atoms with Crippen LogP contribution < -0.4 is 0 Å². The maximum atomic E-state index is 10.4. The third-order valence-corrected chi connectivity index (χ3v) is 1.81. The van der Waals surface area contributed by atoms with Crippen LogP contribution in [0.25, 0.3) is 0 Å². The number of nitrogens with zero attached hydrogens (tertiary/aromatic N) is 1. The van der Waals surface area contributed by atoms with Crippen LogP contribution in [0.4, 0.5) is 0 Å². The van der Waals surface area contributed by atoms with E-state index in [0.717, 1.165) is 0 Å². The van der Waals surface area contributed by atoms with E-state index < -0.39 is 11.9 Å². The van der Waals surface area contributed by atoms with Gasteiger partial charge in [0, 0.05) is 0 Å². The molecule has 0 aromatic carbocycles. The zero-order valence-corrected chi connectivity index (χ0v) is 7.42. The van der Waals surface area contributed by atoms with Crippen molar-refractivity contribution in [2.45, 2.75) is 12.8 Å². The van der Waals surface area contributed by atoms with E-state index in [1.807, 2.05) is 0 Å². The van der Waals surface area contributed by atoms with Crippen molar-refractivity contribution >= 4 is 21.9 Å². The average molecular weight is 219 g/mol. The molecule has 0 aliphatic heterocycles. The molecule has 0 saturated carbocycles. The van der Waals surface area contributed by atoms with Crippen LogP contribution >= 0.6 is 15.9 Å². The second-order valence-corrected chi connectivity index (χ2v) is 3.02. The van der Waals surface area contributed by atoms with E-state index in [2.05, 4.69) is 26.1 Å². The van der Waals surface area contributed by atoms with E-state index in [1.165, 1.54) is 0 Å². The van der Waals surface area contributed by atoms with Gasteiger partial charge in [-0.15, -0.1) is 0 Å². The standard InChI is InChI=1S/C6H7BrN2O2/c1-3(6(10)11)4-2-5(7)9-8-4/h2-3H,1H3,(H,8,9)(H,10,11). The van der Waals surface area contributed by atoms with Crippen molar-refractivity contribution in [3.63, 3.8) is 0 Å². The van der Waals surface area contributed by atoms with Crippen molar-refractivity contribution in [1.82, 2.24) is 10.2 Å². The first-order valence-corrected chi connectivity index (χ1v) is 3.84. The van der Waals surface area contributed by atoms with Gasteiger partial charge in [-0.3, -0.25) is 9.89 Å². The van der Waals surface area contributed by atoms with Crippen molar-refractivity contribution < 1.29 is 9.90 Å². The van der Waals surface area contributed by atoms with Crippen LogP contribution in [0.1, 0.15) is 18.5 Å². The lowest BCUT2D eigenvalue weighted by molar-refractivity contribution is -0.138. The molecule has 4 nitrogen and oxygen atoms in total. The van der Waals surface area contributed by atoms with Gasteiger partial charge in [0.1, 0.15) is 4.60 Å². The summed E-state index contributed by atoms with van der Waals surface area (Å²) in [6, 6.07) is 1.65. The zero-order chi connectivity index (χ0) is 8.43. The number of hydrogen-bond donors (Lipinski definition) is 2. The Kier molecular flexibility index (Phi) is 2.28. The highest BCUT2D eigenvalue weighted by Gasteiger charge is 2.15. The highest BCUT2D eigenvalue weighted by Crippen LogP contribution is 2.15. The molecule has 1 heterocycles. The first-order valence-electron chi connectivity index (χ1n) is 3.05. The van der Waals surface area contributed by atoms with Gasteiger partial charge < -0.3 is 5.11 Å². The van der Waals surface area contributed by atoms with E-state index in [9.17, 15) is 4.79 Å². The second kappa shape index (κ2) is 3.04. The van der Waals surface area contributed by atoms with Crippen LogP contribution in [0.5, 0.6) is 0 Å². The number of halogens is 1. The predicted octanol–water partition coefficient (Wildman–Crippen LogP) is 1.36. The van der Waals surface area contributed by atoms with Crippen LogP contribution in [0.2, 0.25) is 0 Å². The first-order chi connectivity index (χ1) is 5.11. The summed E-state index contributed by atoms with van der Waals surface area (Å²) in [5, 5.41) is 14.9. The minimum atomic E-state index is -0.860. The molecule has 5 heteroatoms. The minimum Gasteiger partial charge on any atom is -0.481 e. The molecule has 1 aromatic rings. The van der Waals surface area contributed by atoms with Crippen LogP contribution in [-0.4, -0.2) is 21.3 Å². The Morgan fingerprint density at radius 2 is 2.55 bits per heavy atom. The molecule has 0 amide bonds. The van der Waals surface area contributed by atoms with Crippen molar-refractivity contribution in [2.75, 3.05) is 0 Å². The van der Waals surface area contributed by atoms with Crippen molar-refractivity contribution in [1.29, 1.82) is 0 Å². The molecule has 1 aromatic heterocycles. The summed E-state index contributed by atoms with van der Waals surface area (Å²) in [7, 11) is 0. The molecule has 0 spiro atoms. The molecule has 0 fully saturated rings. The van der Waals surface area contributed by atoms with E-state index in [-0.39, 0.29) is 0 Å². The number of aromatic nitrogens is 2. The van der Waals surface area contributed by atoms with Crippen LogP contribution in [0, 0.1) is 0 Å². The quantitative estimate of drug-likeness (QED) is 0.789. The lowest BCUT2D eigenvalue weighted by Gasteiger charge is -1.99. The summed E-state index contributed by atoms with van der Waals surface area (Å²) < 4.78 is 0.626. The summed E-state index contributed by atoms with van der Waals surface area (Å²) in [4.78, 5) is 10.4. The number of H-pyrrole nitrogens is 1. The molecule has 0 aliphatic carbocycles. The number of aromatic amines is 1. The summed E-state index contributed by atoms with van der Waals surface area (Å²) in [5.74, 6) is -1.39. The number of carboxylic acid groups (broad SMARTS) is 1. The third kappa shape index (κ3) is 1.80. The van der Waals surface area contributed by atoms with Gasteiger partial charge >= 0.3 is 5.97 Å². The molecular weight excluding hydrogens is 212 g/mol. The largest absolute Gasteiger partial charge is 0.481 e. The Labute approximate surface area is 71.7 Å². The Balaban J connectivity index is 2.84. The Morgan fingerprint density at radius 1 is 1.91 bits per heavy atom. The van der Waals surface area contributed by atoms with E-state index in [0.29, 0.717) is 10.3 Å². The molecule has 1 unspecified atom stereocenters. The highest BCUT2D eigenvalue weighted by molar-refractivity contribution is 9.10. The molecule has 11 heavy (non-hydrogen) atoms. The molecule has 0 radical (unpaired) electrons. The number of carboxylic acids is 1. The number of carbonyl (C=O) groups is 1. The van der Waals surface area contributed by atoms with Gasteiger partial charge in [0.25, 0.3) is 0 Å². The van der Waals surface area contributed by atoms with Gasteiger partial charge in [-0.05, 0) is 28.9 Å². The molecule has 1 rings (SSSR count). The Bertz CT molecular complexity index is 271. The lowest BCUT2D eigenvalue weighted by Crippen LogP contribution is -2.07. The summed E-state index contributed by atoms with van der Waals surface area (Å²) in [5.41, 5.74) is 0.601. The number of nitrogens with one attached hydrogen (secondary N) is 1. The minimum absolute atomic E-state index is 0.534. The highest BCUT2D eigenvalue weighted by atomic mass is 79.9. The average Bonchev–Trinajstić information content (AvgIpc) is 2.34. The Morgan fingerprint density at radius 3 is 2.91 bits per heavy atom. The lowest BCUT2D eigenvalue weighted by atomic mass is 10.1. The van der Waals surface area contributed by atoms with Crippen LogP contribution in [0.3, 0.4) is 0 Å². The number of rotatable bonds is 2. The molecule has 0 bridgehead atoms. The maximum Gasteiger partial charge on any atom is 0.312 e. The molecule has 0 saturated heterocycles. The van der Waals surface area contributed by atoms with Gasteiger partial charge in [0.15, 0.2) is 0 Å². The number of aliphatic carboxylic acids is 1. The van der Waals surface area contributed by atoms with Crippen LogP contribution in [0.15, 0.2) is 10.7 Å². The maximum absolute atomic E-state index is 10.4. The van der Waals surface area contributed by atoms with Gasteiger partial charge in [-0.25, -0.2) is 0 Å². The summed E-state index contributed by atoms with van der Waals surface area (Å²) in [6.07, 6.45) is 0. The van der Waals surface area contributed by atoms with Gasteiger partial charge in [0.05, 0.1) is 11.6 Å². The SMILES string of the molecule is CC(C(=O)O)c1cc(Br)n[nH]1. The fraction of sp³-hybridized carbons (Fsp3) is 0.333. The van der Waals surface area contributed by atoms with Gasteiger partial charge in [-0.2, -0.15) is 5.10 Å². The third-order valence-electron chi connectivity index (χ3n) is 1.40. The molecular formula is C6H7BrN2O2. The molecule has 1 atom stereocenters. The van der Waals surface area contributed by atoms with E-state index in [1.54, 1.807) is 13.0 Å². The van der Waals surface area contributed by atoms with Crippen molar-refractivity contribution in [3.8, 4) is 0 Å². The summed E-state index contributed by atoms with van der Waals surface area (Å²) >= 11 is 3.11. The van der Waals surface area contributed by atoms with Gasteiger partial charge in [0.2, 0.25) is 0 Å². The predicted molar refractivity (Wildman–Crippen MR) is 42.3 cm³/mol. The second-order valence-electron chi connectivity index (χ2n) is 2.21. The number of hydrogen-bond acceptors (Lipinski definition) is 2. The zero-order valence-electron chi connectivity index (χ0n) is 5.84. The first kappa shape index (κ1) is 8.26. The van der Waals surface area contributed by atoms with Crippen molar-refractivity contribution in [3.05, 3.63) is 16.4 Å². The van der Waals surface area contributed by atoms with Crippen molar-refractivity contribution in [2.24, 2.45) is 0 Å².